The third-order valence-electron chi connectivity index (χ3n) is 2.61. The van der Waals surface area contributed by atoms with Crippen LogP contribution in [-0.4, -0.2) is 22.1 Å². The Kier molecular flexibility index (Phi) is 5.41. The normalized spacial score (nSPS) is 12.4. The zero-order valence-corrected chi connectivity index (χ0v) is 11.4. The number of carboxylic acid groups (broad SMARTS) is 1. The minimum absolute atomic E-state index is 0.165. The van der Waals surface area contributed by atoms with E-state index >= 15 is 0 Å². The van der Waals surface area contributed by atoms with Crippen LogP contribution in [0.2, 0.25) is 0 Å². The van der Waals surface area contributed by atoms with Gasteiger partial charge in [-0.05, 0) is 20.3 Å². The highest BCUT2D eigenvalue weighted by Gasteiger charge is 2.14. The monoisotopic (exact) mass is 256 g/mol. The van der Waals surface area contributed by atoms with Crippen LogP contribution in [0.15, 0.2) is 0 Å². The van der Waals surface area contributed by atoms with Gasteiger partial charge in [0.05, 0.1) is 0 Å². The number of nitrogens with zero attached hydrogens (tertiary/aromatic N) is 1. The molecule has 17 heavy (non-hydrogen) atoms. The molecule has 2 N–H and O–H groups in total. The van der Waals surface area contributed by atoms with E-state index in [1.54, 1.807) is 6.92 Å². The first-order chi connectivity index (χ1) is 8.04. The van der Waals surface area contributed by atoms with Crippen molar-refractivity contribution in [2.24, 2.45) is 0 Å². The van der Waals surface area contributed by atoms with Crippen LogP contribution in [0.1, 0.15) is 54.9 Å². The van der Waals surface area contributed by atoms with Crippen molar-refractivity contribution in [1.82, 2.24) is 4.98 Å². The van der Waals surface area contributed by atoms with E-state index in [4.69, 9.17) is 5.11 Å². The highest BCUT2D eigenvalue weighted by Crippen LogP contribution is 2.23. The van der Waals surface area contributed by atoms with Crippen LogP contribution in [-0.2, 0) is 0 Å². The quantitative estimate of drug-likeness (QED) is 0.733. The number of hydrogen-bond donors (Lipinski definition) is 2. The summed E-state index contributed by atoms with van der Waals surface area (Å²) in [7, 11) is 0. The number of nitrogens with one attached hydrogen (secondary N) is 1. The molecule has 0 bridgehead atoms. The summed E-state index contributed by atoms with van der Waals surface area (Å²) in [4.78, 5) is 15.7. The molecule has 1 aromatic heterocycles. The largest absolute Gasteiger partial charge is 0.476 e. The highest BCUT2D eigenvalue weighted by molar-refractivity contribution is 7.15. The fourth-order valence-electron chi connectivity index (χ4n) is 1.64. The average Bonchev–Trinajstić information content (AvgIpc) is 2.60. The Morgan fingerprint density at radius 3 is 2.76 bits per heavy atom. The molecule has 0 aliphatic rings. The van der Waals surface area contributed by atoms with Crippen molar-refractivity contribution < 1.29 is 9.90 Å². The van der Waals surface area contributed by atoms with E-state index in [1.807, 2.05) is 0 Å². The van der Waals surface area contributed by atoms with Gasteiger partial charge < -0.3 is 10.4 Å². The van der Waals surface area contributed by atoms with E-state index in [0.29, 0.717) is 11.2 Å². The van der Waals surface area contributed by atoms with E-state index in [-0.39, 0.29) is 5.69 Å². The molecule has 4 nitrogen and oxygen atoms in total. The smallest absolute Gasteiger partial charge is 0.355 e. The van der Waals surface area contributed by atoms with Crippen LogP contribution >= 0.6 is 11.3 Å². The Morgan fingerprint density at radius 2 is 2.24 bits per heavy atom. The van der Waals surface area contributed by atoms with Crippen LogP contribution in [0.3, 0.4) is 0 Å². The lowest BCUT2D eigenvalue weighted by atomic mass is 10.1. The Balaban J connectivity index is 2.51. The van der Waals surface area contributed by atoms with Gasteiger partial charge in [-0.25, -0.2) is 9.78 Å². The number of rotatable bonds is 7. The maximum atomic E-state index is 10.8. The number of aromatic nitrogens is 1. The van der Waals surface area contributed by atoms with E-state index in [9.17, 15) is 4.79 Å². The molecular weight excluding hydrogens is 236 g/mol. The molecule has 1 atom stereocenters. The molecule has 96 valence electrons. The van der Waals surface area contributed by atoms with Crippen LogP contribution < -0.4 is 5.32 Å². The number of aromatic carboxylic acids is 1. The molecule has 1 unspecified atom stereocenters. The predicted octanol–water partition coefficient (Wildman–Crippen LogP) is 3.53. The number of anilines is 1. The fourth-order valence-corrected chi connectivity index (χ4v) is 2.56. The molecular formula is C12H20N2O2S. The summed E-state index contributed by atoms with van der Waals surface area (Å²) in [5.74, 6) is -0.953. The molecule has 0 aliphatic carbocycles. The summed E-state index contributed by atoms with van der Waals surface area (Å²) in [5.41, 5.74) is 0.165. The topological polar surface area (TPSA) is 62.2 Å². The van der Waals surface area contributed by atoms with Gasteiger partial charge in [-0.3, -0.25) is 0 Å². The molecule has 0 fully saturated rings. The zero-order chi connectivity index (χ0) is 12.8. The maximum Gasteiger partial charge on any atom is 0.355 e. The number of thiazole rings is 1. The average molecular weight is 256 g/mol. The molecule has 5 heteroatoms. The number of unbranched alkanes of at least 4 members (excludes halogenated alkanes) is 2. The highest BCUT2D eigenvalue weighted by atomic mass is 32.1. The van der Waals surface area contributed by atoms with Gasteiger partial charge >= 0.3 is 5.97 Å². The second-order valence-corrected chi connectivity index (χ2v) is 5.47. The van der Waals surface area contributed by atoms with E-state index in [2.05, 4.69) is 24.1 Å². The Bertz CT molecular complexity index is 377. The summed E-state index contributed by atoms with van der Waals surface area (Å²) in [5, 5.41) is 12.9. The molecule has 1 aromatic rings. The SMILES string of the molecule is CCCCCC(C)Nc1nc(C(=O)O)c(C)s1. The Hall–Kier alpha value is -1.10. The molecule has 0 amide bonds. The first-order valence-electron chi connectivity index (χ1n) is 6.01. The lowest BCUT2D eigenvalue weighted by Crippen LogP contribution is -2.14. The van der Waals surface area contributed by atoms with Gasteiger partial charge in [-0.1, -0.05) is 26.2 Å². The zero-order valence-electron chi connectivity index (χ0n) is 10.6. The van der Waals surface area contributed by atoms with Gasteiger partial charge in [0.15, 0.2) is 10.8 Å². The lowest BCUT2D eigenvalue weighted by molar-refractivity contribution is 0.0690. The summed E-state index contributed by atoms with van der Waals surface area (Å²) < 4.78 is 0. The molecule has 0 radical (unpaired) electrons. The van der Waals surface area contributed by atoms with E-state index in [0.717, 1.165) is 11.3 Å². The second kappa shape index (κ2) is 6.59. The van der Waals surface area contributed by atoms with E-state index in [1.165, 1.54) is 30.6 Å². The molecule has 0 spiro atoms. The van der Waals surface area contributed by atoms with Crippen LogP contribution in [0, 0.1) is 6.92 Å². The third-order valence-corrected chi connectivity index (χ3v) is 3.51. The fraction of sp³-hybridized carbons (Fsp3) is 0.667. The van der Waals surface area contributed by atoms with Gasteiger partial charge in [-0.2, -0.15) is 0 Å². The molecule has 1 rings (SSSR count). The van der Waals surface area contributed by atoms with Crippen molar-refractivity contribution in [3.05, 3.63) is 10.6 Å². The number of carbonyl (C=O) groups is 1. The molecule has 0 saturated heterocycles. The van der Waals surface area contributed by atoms with Crippen LogP contribution in [0.25, 0.3) is 0 Å². The maximum absolute atomic E-state index is 10.8. The standard InChI is InChI=1S/C12H20N2O2S/c1-4-5-6-7-8(2)13-12-14-10(11(15)16)9(3)17-12/h8H,4-7H2,1-3H3,(H,13,14)(H,15,16). The molecule has 0 saturated carbocycles. The first kappa shape index (κ1) is 14.0. The van der Waals surface area contributed by atoms with Crippen LogP contribution in [0.5, 0.6) is 0 Å². The first-order valence-corrected chi connectivity index (χ1v) is 6.83. The number of carboxylic acids is 1. The summed E-state index contributed by atoms with van der Waals surface area (Å²) in [6.07, 6.45) is 4.74. The molecule has 0 aliphatic heterocycles. The van der Waals surface area contributed by atoms with Crippen molar-refractivity contribution in [3.63, 3.8) is 0 Å². The Morgan fingerprint density at radius 1 is 1.53 bits per heavy atom. The summed E-state index contributed by atoms with van der Waals surface area (Å²) >= 11 is 1.41. The summed E-state index contributed by atoms with van der Waals surface area (Å²) in [6.45, 7) is 6.07. The number of hydrogen-bond acceptors (Lipinski definition) is 4. The van der Waals surface area contributed by atoms with Gasteiger partial charge in [-0.15, -0.1) is 11.3 Å². The van der Waals surface area contributed by atoms with Gasteiger partial charge in [0.2, 0.25) is 0 Å². The van der Waals surface area contributed by atoms with Gasteiger partial charge in [0.25, 0.3) is 0 Å². The van der Waals surface area contributed by atoms with Crippen molar-refractivity contribution in [2.75, 3.05) is 5.32 Å². The van der Waals surface area contributed by atoms with Crippen molar-refractivity contribution in [2.45, 2.75) is 52.5 Å². The van der Waals surface area contributed by atoms with E-state index < -0.39 is 5.97 Å². The molecule has 1 heterocycles. The van der Waals surface area contributed by atoms with Crippen molar-refractivity contribution in [3.8, 4) is 0 Å². The van der Waals surface area contributed by atoms with Gasteiger partial charge in [0.1, 0.15) is 0 Å². The Labute approximate surface area is 106 Å². The van der Waals surface area contributed by atoms with Crippen LogP contribution in [0.4, 0.5) is 5.13 Å². The van der Waals surface area contributed by atoms with Crippen molar-refractivity contribution >= 4 is 22.4 Å². The molecule has 0 aromatic carbocycles. The third kappa shape index (κ3) is 4.34. The lowest BCUT2D eigenvalue weighted by Gasteiger charge is -2.11. The summed E-state index contributed by atoms with van der Waals surface area (Å²) in [6, 6.07) is 0.341. The minimum Gasteiger partial charge on any atom is -0.476 e. The number of aryl methyl sites for hydroxylation is 1. The van der Waals surface area contributed by atoms with Gasteiger partial charge in [0, 0.05) is 10.9 Å². The minimum atomic E-state index is -0.953. The predicted molar refractivity (Wildman–Crippen MR) is 71.0 cm³/mol. The second-order valence-electron chi connectivity index (χ2n) is 4.27. The van der Waals surface area contributed by atoms with Crippen molar-refractivity contribution in [1.29, 1.82) is 0 Å².